The van der Waals surface area contributed by atoms with Crippen LogP contribution in [0.4, 0.5) is 0 Å². The first kappa shape index (κ1) is 24.7. The van der Waals surface area contributed by atoms with E-state index < -0.39 is 0 Å². The van der Waals surface area contributed by atoms with E-state index in [9.17, 15) is 10.2 Å². The van der Waals surface area contributed by atoms with Crippen LogP contribution in [0.1, 0.15) is 75.3 Å². The minimum absolute atomic E-state index is 0.241. The summed E-state index contributed by atoms with van der Waals surface area (Å²) < 4.78 is 5.42. The summed E-state index contributed by atoms with van der Waals surface area (Å²) in [7, 11) is 1.66. The van der Waals surface area contributed by atoms with E-state index in [1.54, 1.807) is 13.2 Å². The van der Waals surface area contributed by atoms with Gasteiger partial charge in [-0.2, -0.15) is 0 Å². The van der Waals surface area contributed by atoms with Crippen LogP contribution in [-0.4, -0.2) is 17.3 Å². The average Bonchev–Trinajstić information content (AvgIpc) is 2.80. The SMILES string of the molecule is COc1ccc([C@@H](c2cc(C(C)(C)C)c(O)c(C(C)(C)C)c2)c2c(O)ccc3ccccc23)cc1. The monoisotopic (exact) mass is 468 g/mol. The Balaban J connectivity index is 2.11. The summed E-state index contributed by atoms with van der Waals surface area (Å²) in [4.78, 5) is 0. The number of benzene rings is 4. The van der Waals surface area contributed by atoms with Crippen molar-refractivity contribution in [3.63, 3.8) is 0 Å². The van der Waals surface area contributed by atoms with Gasteiger partial charge in [-0.3, -0.25) is 0 Å². The van der Waals surface area contributed by atoms with Crippen LogP contribution < -0.4 is 4.74 Å². The molecule has 0 aromatic heterocycles. The van der Waals surface area contributed by atoms with E-state index in [1.165, 1.54) is 0 Å². The molecule has 0 bridgehead atoms. The Morgan fingerprint density at radius 2 is 1.26 bits per heavy atom. The first-order valence-corrected chi connectivity index (χ1v) is 12.1. The first-order valence-electron chi connectivity index (χ1n) is 12.1. The van der Waals surface area contributed by atoms with Crippen molar-refractivity contribution < 1.29 is 14.9 Å². The van der Waals surface area contributed by atoms with Crippen molar-refractivity contribution >= 4 is 10.8 Å². The van der Waals surface area contributed by atoms with Crippen LogP contribution in [0.25, 0.3) is 10.8 Å². The molecule has 4 rings (SSSR count). The summed E-state index contributed by atoms with van der Waals surface area (Å²) >= 11 is 0. The second-order valence-electron chi connectivity index (χ2n) is 11.4. The largest absolute Gasteiger partial charge is 0.508 e. The molecule has 4 aromatic carbocycles. The average molecular weight is 469 g/mol. The fourth-order valence-corrected chi connectivity index (χ4v) is 4.88. The van der Waals surface area contributed by atoms with Crippen LogP contribution in [-0.2, 0) is 10.8 Å². The molecular formula is C32H36O3. The van der Waals surface area contributed by atoms with Gasteiger partial charge in [-0.1, -0.05) is 96.1 Å². The zero-order chi connectivity index (χ0) is 25.5. The van der Waals surface area contributed by atoms with E-state index in [1.807, 2.05) is 30.3 Å². The predicted molar refractivity (Wildman–Crippen MR) is 145 cm³/mol. The van der Waals surface area contributed by atoms with Gasteiger partial charge in [0.1, 0.15) is 17.2 Å². The number of methoxy groups -OCH3 is 1. The van der Waals surface area contributed by atoms with E-state index >= 15 is 0 Å². The number of fused-ring (bicyclic) bond motifs is 1. The smallest absolute Gasteiger partial charge is 0.123 e. The summed E-state index contributed by atoms with van der Waals surface area (Å²) in [5.41, 5.74) is 4.23. The number of hydrogen-bond donors (Lipinski definition) is 2. The lowest BCUT2D eigenvalue weighted by Gasteiger charge is -2.31. The normalized spacial score (nSPS) is 13.1. The lowest BCUT2D eigenvalue weighted by molar-refractivity contribution is 0.414. The molecule has 0 saturated carbocycles. The molecule has 2 N–H and O–H groups in total. The molecule has 0 unspecified atom stereocenters. The molecule has 0 aliphatic heterocycles. The Morgan fingerprint density at radius 3 is 1.80 bits per heavy atom. The fourth-order valence-electron chi connectivity index (χ4n) is 4.88. The van der Waals surface area contributed by atoms with Crippen LogP contribution in [0, 0.1) is 0 Å². The highest BCUT2D eigenvalue weighted by molar-refractivity contribution is 5.89. The van der Waals surface area contributed by atoms with E-state index in [0.29, 0.717) is 5.75 Å². The number of ether oxygens (including phenoxy) is 1. The predicted octanol–water partition coefficient (Wildman–Crippen LogP) is 8.03. The van der Waals surface area contributed by atoms with Crippen LogP contribution in [0.5, 0.6) is 17.2 Å². The highest BCUT2D eigenvalue weighted by Gasteiger charge is 2.30. The number of hydrogen-bond acceptors (Lipinski definition) is 3. The third-order valence-electron chi connectivity index (χ3n) is 6.77. The van der Waals surface area contributed by atoms with Crippen LogP contribution in [0.3, 0.4) is 0 Å². The zero-order valence-electron chi connectivity index (χ0n) is 21.8. The van der Waals surface area contributed by atoms with E-state index in [0.717, 1.165) is 44.3 Å². The minimum atomic E-state index is -0.259. The number of phenols is 2. The van der Waals surface area contributed by atoms with Gasteiger partial charge in [0.25, 0.3) is 0 Å². The Bertz CT molecular complexity index is 1320. The van der Waals surface area contributed by atoms with E-state index in [4.69, 9.17) is 4.74 Å². The van der Waals surface area contributed by atoms with Gasteiger partial charge in [-0.15, -0.1) is 0 Å². The highest BCUT2D eigenvalue weighted by atomic mass is 16.5. The lowest BCUT2D eigenvalue weighted by Crippen LogP contribution is -2.19. The van der Waals surface area contributed by atoms with E-state index in [-0.39, 0.29) is 22.5 Å². The van der Waals surface area contributed by atoms with Gasteiger partial charge in [-0.25, -0.2) is 0 Å². The van der Waals surface area contributed by atoms with Gasteiger partial charge in [0, 0.05) is 11.5 Å². The van der Waals surface area contributed by atoms with Crippen LogP contribution in [0.2, 0.25) is 0 Å². The highest BCUT2D eigenvalue weighted by Crippen LogP contribution is 2.46. The van der Waals surface area contributed by atoms with Gasteiger partial charge in [-0.05, 0) is 62.1 Å². The molecule has 0 heterocycles. The Labute approximate surface area is 209 Å². The maximum absolute atomic E-state index is 11.3. The van der Waals surface area contributed by atoms with E-state index in [2.05, 4.69) is 77.9 Å². The Morgan fingerprint density at radius 1 is 0.686 bits per heavy atom. The summed E-state index contributed by atoms with van der Waals surface area (Å²) in [5, 5.41) is 24.7. The lowest BCUT2D eigenvalue weighted by atomic mass is 9.74. The summed E-state index contributed by atoms with van der Waals surface area (Å²) in [5.74, 6) is 1.15. The molecule has 0 fully saturated rings. The van der Waals surface area contributed by atoms with Crippen molar-refractivity contribution in [2.45, 2.75) is 58.3 Å². The number of aromatic hydroxyl groups is 2. The van der Waals surface area contributed by atoms with Gasteiger partial charge < -0.3 is 14.9 Å². The molecule has 182 valence electrons. The summed E-state index contributed by atoms with van der Waals surface area (Å²) in [6.45, 7) is 12.7. The molecule has 0 radical (unpaired) electrons. The van der Waals surface area contributed by atoms with Crippen LogP contribution in [0.15, 0.2) is 72.8 Å². The van der Waals surface area contributed by atoms with Crippen molar-refractivity contribution in [1.29, 1.82) is 0 Å². The molecule has 0 saturated heterocycles. The number of rotatable bonds is 4. The van der Waals surface area contributed by atoms with Crippen molar-refractivity contribution in [2.75, 3.05) is 7.11 Å². The fraction of sp³-hybridized carbons (Fsp3) is 0.312. The molecular weight excluding hydrogens is 432 g/mol. The van der Waals surface area contributed by atoms with Gasteiger partial charge in [0.15, 0.2) is 0 Å². The molecule has 0 amide bonds. The molecule has 3 nitrogen and oxygen atoms in total. The summed E-state index contributed by atoms with van der Waals surface area (Å²) in [6.07, 6.45) is 0. The molecule has 0 aliphatic rings. The third kappa shape index (κ3) is 4.73. The quantitative estimate of drug-likeness (QED) is 0.298. The van der Waals surface area contributed by atoms with Crippen LogP contribution >= 0.6 is 0 Å². The van der Waals surface area contributed by atoms with Crippen molar-refractivity contribution in [3.05, 3.63) is 101 Å². The minimum Gasteiger partial charge on any atom is -0.508 e. The third-order valence-corrected chi connectivity index (χ3v) is 6.77. The molecule has 4 aromatic rings. The first-order chi connectivity index (χ1) is 16.4. The standard InChI is InChI=1S/C32H36O3/c1-31(2,3)25-18-22(19-26(30(25)34)32(4,5)6)28(21-12-15-23(35-7)16-13-21)29-24-11-9-8-10-20(24)14-17-27(29)33/h8-19,28,33-34H,1-7H3/t28-/m0/s1. The maximum Gasteiger partial charge on any atom is 0.123 e. The van der Waals surface area contributed by atoms with Crippen molar-refractivity contribution in [2.24, 2.45) is 0 Å². The topological polar surface area (TPSA) is 49.7 Å². The Hall–Kier alpha value is -3.46. The zero-order valence-corrected chi connectivity index (χ0v) is 21.8. The molecule has 0 spiro atoms. The van der Waals surface area contributed by atoms with Gasteiger partial charge in [0.2, 0.25) is 0 Å². The van der Waals surface area contributed by atoms with Crippen molar-refractivity contribution in [1.82, 2.24) is 0 Å². The van der Waals surface area contributed by atoms with Gasteiger partial charge in [0.05, 0.1) is 7.11 Å². The van der Waals surface area contributed by atoms with Crippen molar-refractivity contribution in [3.8, 4) is 17.2 Å². The maximum atomic E-state index is 11.3. The second-order valence-corrected chi connectivity index (χ2v) is 11.4. The molecule has 3 heteroatoms. The Kier molecular flexibility index (Phi) is 6.31. The second kappa shape index (κ2) is 8.96. The molecule has 0 aliphatic carbocycles. The number of phenolic OH excluding ortho intramolecular Hbond substituents is 2. The molecule has 35 heavy (non-hydrogen) atoms. The van der Waals surface area contributed by atoms with Gasteiger partial charge >= 0.3 is 0 Å². The summed E-state index contributed by atoms with van der Waals surface area (Å²) in [6, 6.07) is 24.2. The molecule has 1 atom stereocenters.